The van der Waals surface area contributed by atoms with Gasteiger partial charge in [0.15, 0.2) is 5.16 Å². The van der Waals surface area contributed by atoms with Crippen molar-refractivity contribution in [2.24, 2.45) is 0 Å². The van der Waals surface area contributed by atoms with Gasteiger partial charge in [-0.15, -0.1) is 0 Å². The third kappa shape index (κ3) is 7.20. The molecule has 1 N–H and O–H groups in total. The van der Waals surface area contributed by atoms with Crippen molar-refractivity contribution in [3.05, 3.63) is 47.2 Å². The lowest BCUT2D eigenvalue weighted by molar-refractivity contribution is 0.0951. The molecule has 3 rings (SSSR count). The molecule has 0 bridgehead atoms. The Morgan fingerprint density at radius 1 is 1.09 bits per heavy atom. The Hall–Kier alpha value is -2.12. The molecule has 1 amide bonds. The first-order valence-corrected chi connectivity index (χ1v) is 12.7. The third-order valence-corrected chi connectivity index (χ3v) is 6.94. The highest BCUT2D eigenvalue weighted by Gasteiger charge is 2.20. The zero-order valence-corrected chi connectivity index (χ0v) is 20.7. The van der Waals surface area contributed by atoms with Crippen LogP contribution in [0, 0.1) is 0 Å². The second-order valence-corrected chi connectivity index (χ2v) is 9.74. The highest BCUT2D eigenvalue weighted by molar-refractivity contribution is 7.98. The molecule has 1 aliphatic rings. The van der Waals surface area contributed by atoms with E-state index in [2.05, 4.69) is 35.2 Å². The lowest BCUT2D eigenvalue weighted by atomic mass is 9.94. The van der Waals surface area contributed by atoms with Crippen LogP contribution in [-0.4, -0.2) is 61.0 Å². The molecule has 1 saturated carbocycles. The Bertz CT molecular complexity index is 865. The van der Waals surface area contributed by atoms with E-state index in [0.29, 0.717) is 18.2 Å². The number of nitrogens with zero attached hydrogens (tertiary/aromatic N) is 4. The molecule has 2 aromatic rings. The molecule has 1 aromatic heterocycles. The van der Waals surface area contributed by atoms with E-state index in [0.717, 1.165) is 41.0 Å². The van der Waals surface area contributed by atoms with Gasteiger partial charge in [-0.3, -0.25) is 4.79 Å². The summed E-state index contributed by atoms with van der Waals surface area (Å²) in [6.45, 7) is 3.62. The molecule has 0 unspecified atom stereocenters. The van der Waals surface area contributed by atoms with Crippen LogP contribution in [0.4, 0.5) is 5.82 Å². The van der Waals surface area contributed by atoms with Crippen molar-refractivity contribution in [1.29, 1.82) is 0 Å². The summed E-state index contributed by atoms with van der Waals surface area (Å²) in [4.78, 5) is 26.3. The molecule has 0 atom stereocenters. The number of hydrogen-bond donors (Lipinski definition) is 1. The second-order valence-electron chi connectivity index (χ2n) is 8.80. The van der Waals surface area contributed by atoms with Gasteiger partial charge < -0.3 is 15.1 Å². The quantitative estimate of drug-likeness (QED) is 0.423. The van der Waals surface area contributed by atoms with Gasteiger partial charge in [0.1, 0.15) is 5.82 Å². The predicted octanol–water partition coefficient (Wildman–Crippen LogP) is 4.39. The first-order chi connectivity index (χ1) is 15.5. The Kier molecular flexibility index (Phi) is 9.36. The zero-order valence-electron chi connectivity index (χ0n) is 19.9. The van der Waals surface area contributed by atoms with Crippen LogP contribution >= 0.6 is 11.8 Å². The van der Waals surface area contributed by atoms with Gasteiger partial charge in [0.2, 0.25) is 0 Å². The van der Waals surface area contributed by atoms with Crippen LogP contribution in [0.2, 0.25) is 0 Å². The zero-order chi connectivity index (χ0) is 22.9. The number of benzene rings is 1. The number of carbonyl (C=O) groups excluding carboxylic acids is 1. The molecule has 0 saturated heterocycles. The summed E-state index contributed by atoms with van der Waals surface area (Å²) >= 11 is 1.66. The Morgan fingerprint density at radius 3 is 2.47 bits per heavy atom. The number of amides is 1. The molecule has 1 heterocycles. The summed E-state index contributed by atoms with van der Waals surface area (Å²) in [5, 5.41) is 3.78. The predicted molar refractivity (Wildman–Crippen MR) is 134 cm³/mol. The molecule has 7 heteroatoms. The average molecular weight is 456 g/mol. The summed E-state index contributed by atoms with van der Waals surface area (Å²) in [6, 6.07) is 10.6. The van der Waals surface area contributed by atoms with E-state index >= 15 is 0 Å². The van der Waals surface area contributed by atoms with E-state index in [1.54, 1.807) is 11.8 Å². The fourth-order valence-corrected chi connectivity index (χ4v) is 4.76. The van der Waals surface area contributed by atoms with E-state index in [1.807, 2.05) is 38.4 Å². The molecule has 1 aromatic carbocycles. The van der Waals surface area contributed by atoms with Gasteiger partial charge in [0.05, 0.1) is 0 Å². The van der Waals surface area contributed by atoms with E-state index in [1.165, 1.54) is 32.1 Å². The van der Waals surface area contributed by atoms with Crippen molar-refractivity contribution in [1.82, 2.24) is 20.2 Å². The van der Waals surface area contributed by atoms with Crippen LogP contribution in [0.15, 0.2) is 35.5 Å². The number of rotatable bonds is 10. The largest absolute Gasteiger partial charge is 0.357 e. The highest BCUT2D eigenvalue weighted by atomic mass is 32.2. The second kappa shape index (κ2) is 12.2. The lowest BCUT2D eigenvalue weighted by Gasteiger charge is -2.32. The van der Waals surface area contributed by atoms with Crippen molar-refractivity contribution in [3.8, 4) is 0 Å². The van der Waals surface area contributed by atoms with Gasteiger partial charge in [0, 0.05) is 49.3 Å². The molecule has 174 valence electrons. The van der Waals surface area contributed by atoms with Gasteiger partial charge in [-0.2, -0.15) is 0 Å². The van der Waals surface area contributed by atoms with E-state index in [4.69, 9.17) is 9.97 Å². The first-order valence-electron chi connectivity index (χ1n) is 11.7. The number of hydrogen-bond acceptors (Lipinski definition) is 6. The normalized spacial score (nSPS) is 14.5. The number of thioether (sulfide) groups is 1. The minimum absolute atomic E-state index is 0.0274. The third-order valence-electron chi connectivity index (χ3n) is 6.02. The molecule has 0 radical (unpaired) electrons. The maximum atomic E-state index is 12.3. The minimum Gasteiger partial charge on any atom is -0.357 e. The number of nitrogens with one attached hydrogen (secondary N) is 1. The summed E-state index contributed by atoms with van der Waals surface area (Å²) in [5.74, 6) is 1.79. The summed E-state index contributed by atoms with van der Waals surface area (Å²) < 4.78 is 0. The topological polar surface area (TPSA) is 61.4 Å². The van der Waals surface area contributed by atoms with Gasteiger partial charge in [-0.1, -0.05) is 50.1 Å². The fraction of sp³-hybridized carbons (Fsp3) is 0.560. The maximum absolute atomic E-state index is 12.3. The molecular weight excluding hydrogens is 418 g/mol. The monoisotopic (exact) mass is 455 g/mol. The van der Waals surface area contributed by atoms with Crippen molar-refractivity contribution >= 4 is 23.5 Å². The summed E-state index contributed by atoms with van der Waals surface area (Å²) in [7, 11) is 6.17. The van der Waals surface area contributed by atoms with E-state index in [9.17, 15) is 4.79 Å². The van der Waals surface area contributed by atoms with Gasteiger partial charge in [0.25, 0.3) is 5.91 Å². The summed E-state index contributed by atoms with van der Waals surface area (Å²) in [6.07, 6.45) is 7.38. The average Bonchev–Trinajstić information content (AvgIpc) is 2.82. The van der Waals surface area contributed by atoms with Crippen LogP contribution in [0.1, 0.15) is 60.6 Å². The number of carbonyl (C=O) groups is 1. The summed E-state index contributed by atoms with van der Waals surface area (Å²) in [5.41, 5.74) is 2.94. The first kappa shape index (κ1) is 24.5. The SMILES string of the molecule is CCc1cc(N(C)C2CCCCC2)nc(SCc2ccc(C(=O)NCCN(C)C)cc2)n1. The maximum Gasteiger partial charge on any atom is 0.251 e. The standard InChI is InChI=1S/C25H37N5OS/c1-5-21-17-23(30(4)22-9-7-6-8-10-22)28-25(27-21)32-18-19-11-13-20(14-12-19)24(31)26-15-16-29(2)3/h11-14,17,22H,5-10,15-16,18H2,1-4H3,(H,26,31). The van der Waals surface area contributed by atoms with Gasteiger partial charge >= 0.3 is 0 Å². The van der Waals surface area contributed by atoms with Crippen LogP contribution in [0.5, 0.6) is 0 Å². The molecule has 32 heavy (non-hydrogen) atoms. The van der Waals surface area contributed by atoms with Crippen molar-refractivity contribution in [3.63, 3.8) is 0 Å². The number of aryl methyl sites for hydroxylation is 1. The Morgan fingerprint density at radius 2 is 1.81 bits per heavy atom. The smallest absolute Gasteiger partial charge is 0.251 e. The molecule has 0 spiro atoms. The van der Waals surface area contributed by atoms with Gasteiger partial charge in [-0.25, -0.2) is 9.97 Å². The van der Waals surface area contributed by atoms with Crippen molar-refractivity contribution in [2.75, 3.05) is 39.1 Å². The molecule has 0 aliphatic heterocycles. The minimum atomic E-state index is -0.0274. The number of aromatic nitrogens is 2. The lowest BCUT2D eigenvalue weighted by Crippen LogP contribution is -2.34. The Balaban J connectivity index is 1.60. The molecule has 1 fully saturated rings. The van der Waals surface area contributed by atoms with Crippen LogP contribution in [-0.2, 0) is 12.2 Å². The van der Waals surface area contributed by atoms with Crippen LogP contribution in [0.3, 0.4) is 0 Å². The van der Waals surface area contributed by atoms with E-state index in [-0.39, 0.29) is 5.91 Å². The van der Waals surface area contributed by atoms with E-state index < -0.39 is 0 Å². The van der Waals surface area contributed by atoms with Crippen molar-refractivity contribution in [2.45, 2.75) is 62.4 Å². The van der Waals surface area contributed by atoms with Crippen LogP contribution < -0.4 is 10.2 Å². The molecular formula is C25H37N5OS. The van der Waals surface area contributed by atoms with Crippen molar-refractivity contribution < 1.29 is 4.79 Å². The van der Waals surface area contributed by atoms with Gasteiger partial charge in [-0.05, 0) is 51.1 Å². The number of likely N-dealkylation sites (N-methyl/N-ethyl adjacent to an activating group) is 1. The number of anilines is 1. The molecule has 6 nitrogen and oxygen atoms in total. The Labute approximate surface area is 197 Å². The molecule has 1 aliphatic carbocycles. The van der Waals surface area contributed by atoms with Crippen LogP contribution in [0.25, 0.3) is 0 Å². The fourth-order valence-electron chi connectivity index (χ4n) is 3.94. The highest BCUT2D eigenvalue weighted by Crippen LogP contribution is 2.28.